The minimum atomic E-state index is 0.292. The molecular formula is C16H24BNO. The Morgan fingerprint density at radius 1 is 1.26 bits per heavy atom. The second-order valence-corrected chi connectivity index (χ2v) is 5.58. The molecule has 0 bridgehead atoms. The predicted molar refractivity (Wildman–Crippen MR) is 81.6 cm³/mol. The minimum absolute atomic E-state index is 0.292. The van der Waals surface area contributed by atoms with Crippen molar-refractivity contribution in [3.63, 3.8) is 0 Å². The lowest BCUT2D eigenvalue weighted by atomic mass is 9.76. The molecule has 1 fully saturated rings. The van der Waals surface area contributed by atoms with E-state index in [0.717, 1.165) is 25.9 Å². The maximum Gasteiger partial charge on any atom is 0.226 e. The molecule has 0 saturated carbocycles. The number of benzene rings is 1. The number of rotatable bonds is 7. The molecule has 0 aliphatic carbocycles. The molecule has 1 atom stereocenters. The molecule has 1 aliphatic heterocycles. The van der Waals surface area contributed by atoms with Crippen molar-refractivity contribution in [3.05, 3.63) is 35.9 Å². The van der Waals surface area contributed by atoms with Gasteiger partial charge >= 0.3 is 0 Å². The van der Waals surface area contributed by atoms with Gasteiger partial charge in [-0.1, -0.05) is 56.3 Å². The van der Waals surface area contributed by atoms with Gasteiger partial charge in [-0.25, -0.2) is 0 Å². The van der Waals surface area contributed by atoms with Crippen LogP contribution < -0.4 is 0 Å². The number of carbonyl (C=O) groups is 1. The third-order valence-corrected chi connectivity index (χ3v) is 4.03. The standard InChI is InChI=1S/C16H24BNO/c1-17-11-6-5-9-15-10-12-18(16(15)19)13-14-7-3-2-4-8-14/h2-4,7-8,15,17H,5-6,9-13H2,1H3. The quantitative estimate of drug-likeness (QED) is 0.543. The Morgan fingerprint density at radius 2 is 2.05 bits per heavy atom. The van der Waals surface area contributed by atoms with E-state index in [-0.39, 0.29) is 0 Å². The molecular weight excluding hydrogens is 233 g/mol. The summed E-state index contributed by atoms with van der Waals surface area (Å²) in [5.74, 6) is 0.668. The lowest BCUT2D eigenvalue weighted by Crippen LogP contribution is -2.26. The van der Waals surface area contributed by atoms with Gasteiger partial charge in [-0.15, -0.1) is 0 Å². The van der Waals surface area contributed by atoms with Gasteiger partial charge in [-0.05, 0) is 18.4 Å². The van der Waals surface area contributed by atoms with Crippen molar-refractivity contribution in [2.75, 3.05) is 6.54 Å². The molecule has 1 aliphatic rings. The molecule has 19 heavy (non-hydrogen) atoms. The van der Waals surface area contributed by atoms with Gasteiger partial charge in [-0.2, -0.15) is 0 Å². The summed E-state index contributed by atoms with van der Waals surface area (Å²) in [7, 11) is 1.26. The highest BCUT2D eigenvalue weighted by molar-refractivity contribution is 6.33. The van der Waals surface area contributed by atoms with Crippen molar-refractivity contribution >= 4 is 13.2 Å². The maximum absolute atomic E-state index is 12.3. The number of hydrogen-bond donors (Lipinski definition) is 0. The van der Waals surface area contributed by atoms with Crippen LogP contribution in [0.2, 0.25) is 13.1 Å². The first-order valence-electron chi connectivity index (χ1n) is 7.64. The molecule has 3 heteroatoms. The summed E-state index contributed by atoms with van der Waals surface area (Å²) in [6, 6.07) is 10.3. The van der Waals surface area contributed by atoms with E-state index in [4.69, 9.17) is 0 Å². The summed E-state index contributed by atoms with van der Waals surface area (Å²) < 4.78 is 0. The summed E-state index contributed by atoms with van der Waals surface area (Å²) in [5, 5.41) is 0. The molecule has 2 nitrogen and oxygen atoms in total. The molecule has 102 valence electrons. The van der Waals surface area contributed by atoms with Crippen molar-refractivity contribution in [1.29, 1.82) is 0 Å². The Morgan fingerprint density at radius 3 is 2.79 bits per heavy atom. The summed E-state index contributed by atoms with van der Waals surface area (Å²) in [4.78, 5) is 14.3. The first-order chi connectivity index (χ1) is 9.31. The largest absolute Gasteiger partial charge is 0.338 e. The van der Waals surface area contributed by atoms with Crippen molar-refractivity contribution in [3.8, 4) is 0 Å². The zero-order valence-electron chi connectivity index (χ0n) is 12.0. The zero-order valence-corrected chi connectivity index (χ0v) is 12.0. The summed E-state index contributed by atoms with van der Waals surface area (Å²) in [5.41, 5.74) is 1.24. The average Bonchev–Trinajstić information content (AvgIpc) is 2.78. The van der Waals surface area contributed by atoms with Crippen LogP contribution >= 0.6 is 0 Å². The van der Waals surface area contributed by atoms with Gasteiger partial charge in [0.15, 0.2) is 0 Å². The van der Waals surface area contributed by atoms with Crippen molar-refractivity contribution in [1.82, 2.24) is 4.90 Å². The van der Waals surface area contributed by atoms with Crippen LogP contribution in [0.1, 0.15) is 31.2 Å². The van der Waals surface area contributed by atoms with Gasteiger partial charge in [0.1, 0.15) is 7.28 Å². The highest BCUT2D eigenvalue weighted by Gasteiger charge is 2.30. The number of hydrogen-bond acceptors (Lipinski definition) is 1. The Balaban J connectivity index is 1.78. The highest BCUT2D eigenvalue weighted by Crippen LogP contribution is 2.25. The van der Waals surface area contributed by atoms with Crippen LogP contribution in [0, 0.1) is 5.92 Å². The second kappa shape index (κ2) is 7.37. The average molecular weight is 257 g/mol. The Kier molecular flexibility index (Phi) is 5.50. The first kappa shape index (κ1) is 14.2. The number of likely N-dealkylation sites (tertiary alicyclic amines) is 1. The summed E-state index contributed by atoms with van der Waals surface area (Å²) in [6.45, 7) is 3.94. The zero-order chi connectivity index (χ0) is 13.5. The molecule has 1 saturated heterocycles. The van der Waals surface area contributed by atoms with E-state index < -0.39 is 0 Å². The number of carbonyl (C=O) groups excluding carboxylic acids is 1. The lowest BCUT2D eigenvalue weighted by Gasteiger charge is -2.16. The Labute approximate surface area is 117 Å². The fraction of sp³-hybridized carbons (Fsp3) is 0.562. The first-order valence-corrected chi connectivity index (χ1v) is 7.64. The molecule has 1 amide bonds. The van der Waals surface area contributed by atoms with Crippen molar-refractivity contribution in [2.45, 2.75) is 45.4 Å². The van der Waals surface area contributed by atoms with Crippen LogP contribution in [0.25, 0.3) is 0 Å². The van der Waals surface area contributed by atoms with E-state index in [1.165, 1.54) is 32.0 Å². The van der Waals surface area contributed by atoms with Crippen LogP contribution in [0.15, 0.2) is 30.3 Å². The highest BCUT2D eigenvalue weighted by atomic mass is 16.2. The summed E-state index contributed by atoms with van der Waals surface area (Å²) in [6.07, 6.45) is 5.93. The topological polar surface area (TPSA) is 20.3 Å². The molecule has 2 rings (SSSR count). The van der Waals surface area contributed by atoms with Gasteiger partial charge in [0, 0.05) is 19.0 Å². The van der Waals surface area contributed by atoms with E-state index in [1.54, 1.807) is 0 Å². The van der Waals surface area contributed by atoms with E-state index in [0.29, 0.717) is 11.8 Å². The molecule has 0 spiro atoms. The monoisotopic (exact) mass is 257 g/mol. The fourth-order valence-electron chi connectivity index (χ4n) is 2.85. The van der Waals surface area contributed by atoms with Crippen LogP contribution in [0.5, 0.6) is 0 Å². The predicted octanol–water partition coefficient (Wildman–Crippen LogP) is 3.11. The van der Waals surface area contributed by atoms with E-state index in [2.05, 4.69) is 19.0 Å². The van der Waals surface area contributed by atoms with Crippen molar-refractivity contribution in [2.24, 2.45) is 5.92 Å². The minimum Gasteiger partial charge on any atom is -0.338 e. The van der Waals surface area contributed by atoms with Gasteiger partial charge in [0.05, 0.1) is 0 Å². The van der Waals surface area contributed by atoms with Gasteiger partial charge in [-0.3, -0.25) is 4.79 Å². The third-order valence-electron chi connectivity index (χ3n) is 4.03. The molecule has 1 aromatic carbocycles. The molecule has 1 heterocycles. The smallest absolute Gasteiger partial charge is 0.226 e. The summed E-state index contributed by atoms with van der Waals surface area (Å²) >= 11 is 0. The molecule has 0 N–H and O–H groups in total. The molecule has 0 radical (unpaired) electrons. The second-order valence-electron chi connectivity index (χ2n) is 5.58. The molecule has 1 unspecified atom stereocenters. The number of nitrogens with zero attached hydrogens (tertiary/aromatic N) is 1. The Bertz CT molecular complexity index is 393. The van der Waals surface area contributed by atoms with Gasteiger partial charge in [0.25, 0.3) is 0 Å². The number of amides is 1. The van der Waals surface area contributed by atoms with Crippen LogP contribution in [-0.4, -0.2) is 24.6 Å². The van der Waals surface area contributed by atoms with Gasteiger partial charge in [0.2, 0.25) is 5.91 Å². The SMILES string of the molecule is CBCCCCC1CCN(Cc2ccccc2)C1=O. The Hall–Kier alpha value is -1.25. The molecule has 1 aromatic rings. The van der Waals surface area contributed by atoms with Crippen LogP contribution in [0.3, 0.4) is 0 Å². The fourth-order valence-corrected chi connectivity index (χ4v) is 2.85. The lowest BCUT2D eigenvalue weighted by molar-refractivity contribution is -0.131. The number of unbranched alkanes of at least 4 members (excludes halogenated alkanes) is 1. The van der Waals surface area contributed by atoms with Gasteiger partial charge < -0.3 is 4.90 Å². The normalized spacial score (nSPS) is 18.9. The third kappa shape index (κ3) is 4.12. The van der Waals surface area contributed by atoms with Crippen LogP contribution in [-0.2, 0) is 11.3 Å². The van der Waals surface area contributed by atoms with E-state index in [9.17, 15) is 4.79 Å². The van der Waals surface area contributed by atoms with Crippen molar-refractivity contribution < 1.29 is 4.79 Å². The van der Waals surface area contributed by atoms with Crippen LogP contribution in [0.4, 0.5) is 0 Å². The van der Waals surface area contributed by atoms with E-state index in [1.807, 2.05) is 23.1 Å². The molecule has 0 aromatic heterocycles. The maximum atomic E-state index is 12.3. The van der Waals surface area contributed by atoms with E-state index >= 15 is 0 Å².